The standard InChI is InChI=1S/C25H25Cl4N5O4/c1-25(2,3)10-9-23(37)38-24-16(28)5-4-6-19(24)33(22(36)12-26)14-21(35)30-17-11-15(27)7-8-18(17)34-13-20(29)31-32-34/h4-8,11,13H,9-10,12,14H2,1-3H3,(H,30,35). The van der Waals surface area contributed by atoms with E-state index in [0.29, 0.717) is 22.8 Å². The fourth-order valence-electron chi connectivity index (χ4n) is 3.34. The summed E-state index contributed by atoms with van der Waals surface area (Å²) in [7, 11) is 0. The van der Waals surface area contributed by atoms with Gasteiger partial charge in [0.15, 0.2) is 10.9 Å². The average Bonchev–Trinajstić information content (AvgIpc) is 3.27. The second-order valence-electron chi connectivity index (χ2n) is 9.43. The van der Waals surface area contributed by atoms with Crippen LogP contribution in [0.5, 0.6) is 5.75 Å². The number of amides is 2. The van der Waals surface area contributed by atoms with Crippen molar-refractivity contribution < 1.29 is 19.1 Å². The van der Waals surface area contributed by atoms with Crippen molar-refractivity contribution in [1.82, 2.24) is 15.0 Å². The maximum Gasteiger partial charge on any atom is 0.311 e. The number of para-hydroxylation sites is 1. The maximum absolute atomic E-state index is 13.1. The van der Waals surface area contributed by atoms with E-state index in [1.54, 1.807) is 18.2 Å². The predicted molar refractivity (Wildman–Crippen MR) is 149 cm³/mol. The van der Waals surface area contributed by atoms with Crippen LogP contribution in [0, 0.1) is 5.41 Å². The quantitative estimate of drug-likeness (QED) is 0.179. The van der Waals surface area contributed by atoms with Gasteiger partial charge in [0, 0.05) is 11.4 Å². The van der Waals surface area contributed by atoms with E-state index in [-0.39, 0.29) is 33.4 Å². The molecule has 0 saturated heterocycles. The summed E-state index contributed by atoms with van der Waals surface area (Å²) in [6, 6.07) is 9.34. The number of anilines is 2. The van der Waals surface area contributed by atoms with Crippen molar-refractivity contribution in [2.24, 2.45) is 5.41 Å². The van der Waals surface area contributed by atoms with Crippen LogP contribution >= 0.6 is 46.4 Å². The van der Waals surface area contributed by atoms with Crippen LogP contribution in [0.15, 0.2) is 42.6 Å². The molecule has 202 valence electrons. The number of carbonyl (C=O) groups is 3. The van der Waals surface area contributed by atoms with E-state index in [1.807, 2.05) is 20.8 Å². The van der Waals surface area contributed by atoms with Crippen LogP contribution in [0.4, 0.5) is 11.4 Å². The lowest BCUT2D eigenvalue weighted by molar-refractivity contribution is -0.135. The van der Waals surface area contributed by atoms with Crippen molar-refractivity contribution in [2.45, 2.75) is 33.6 Å². The molecule has 1 heterocycles. The molecule has 0 radical (unpaired) electrons. The molecule has 13 heteroatoms. The van der Waals surface area contributed by atoms with Gasteiger partial charge in [-0.15, -0.1) is 16.7 Å². The number of esters is 1. The zero-order valence-corrected chi connectivity index (χ0v) is 23.8. The van der Waals surface area contributed by atoms with E-state index in [9.17, 15) is 14.4 Å². The second kappa shape index (κ2) is 12.8. The molecule has 3 aromatic rings. The molecular formula is C25H25Cl4N5O4. The summed E-state index contributed by atoms with van der Waals surface area (Å²) in [5.74, 6) is -2.20. The van der Waals surface area contributed by atoms with E-state index < -0.39 is 30.2 Å². The number of nitrogens with zero attached hydrogens (tertiary/aromatic N) is 4. The zero-order valence-electron chi connectivity index (χ0n) is 20.8. The lowest BCUT2D eigenvalue weighted by atomic mass is 9.91. The van der Waals surface area contributed by atoms with Gasteiger partial charge in [-0.3, -0.25) is 19.3 Å². The summed E-state index contributed by atoms with van der Waals surface area (Å²) in [6.45, 7) is 5.54. The third kappa shape index (κ3) is 8.07. The fraction of sp³-hybridized carbons (Fsp3) is 0.320. The lowest BCUT2D eigenvalue weighted by Gasteiger charge is -2.24. The summed E-state index contributed by atoms with van der Waals surface area (Å²) in [5.41, 5.74) is 0.769. The molecule has 1 N–H and O–H groups in total. The lowest BCUT2D eigenvalue weighted by Crippen LogP contribution is -2.39. The van der Waals surface area contributed by atoms with Gasteiger partial charge in [0.25, 0.3) is 0 Å². The predicted octanol–water partition coefficient (Wildman–Crippen LogP) is 6.17. The normalized spacial score (nSPS) is 11.2. The zero-order chi connectivity index (χ0) is 28.0. The Hall–Kier alpha value is -2.85. The Morgan fingerprint density at radius 2 is 1.84 bits per heavy atom. The number of nitrogens with one attached hydrogen (secondary N) is 1. The van der Waals surface area contributed by atoms with Gasteiger partial charge < -0.3 is 10.1 Å². The maximum atomic E-state index is 13.1. The van der Waals surface area contributed by atoms with Gasteiger partial charge >= 0.3 is 5.97 Å². The van der Waals surface area contributed by atoms with Crippen LogP contribution < -0.4 is 15.0 Å². The molecule has 0 aliphatic carbocycles. The Morgan fingerprint density at radius 1 is 1.11 bits per heavy atom. The van der Waals surface area contributed by atoms with Gasteiger partial charge in [-0.1, -0.05) is 66.9 Å². The van der Waals surface area contributed by atoms with E-state index in [2.05, 4.69) is 15.6 Å². The van der Waals surface area contributed by atoms with Crippen molar-refractivity contribution in [3.8, 4) is 11.4 Å². The summed E-state index contributed by atoms with van der Waals surface area (Å²) in [5, 5.41) is 11.0. The number of aromatic nitrogens is 3. The van der Waals surface area contributed by atoms with Crippen molar-refractivity contribution in [3.05, 3.63) is 57.8 Å². The highest BCUT2D eigenvalue weighted by molar-refractivity contribution is 6.33. The Morgan fingerprint density at radius 3 is 2.47 bits per heavy atom. The highest BCUT2D eigenvalue weighted by Crippen LogP contribution is 2.37. The third-order valence-corrected chi connectivity index (χ3v) is 6.13. The van der Waals surface area contributed by atoms with Crippen molar-refractivity contribution in [3.63, 3.8) is 0 Å². The molecule has 0 unspecified atom stereocenters. The minimum absolute atomic E-state index is 0.0416. The minimum atomic E-state index is -0.606. The molecule has 0 aliphatic rings. The first-order valence-electron chi connectivity index (χ1n) is 11.4. The highest BCUT2D eigenvalue weighted by Gasteiger charge is 2.26. The fourth-order valence-corrected chi connectivity index (χ4v) is 3.99. The van der Waals surface area contributed by atoms with Crippen molar-refractivity contribution >= 4 is 75.6 Å². The molecule has 0 spiro atoms. The molecule has 3 rings (SSSR count). The van der Waals surface area contributed by atoms with E-state index >= 15 is 0 Å². The number of hydrogen-bond acceptors (Lipinski definition) is 6. The molecule has 2 aromatic carbocycles. The average molecular weight is 601 g/mol. The molecule has 0 saturated carbocycles. The molecule has 1 aromatic heterocycles. The Labute approximate surface area is 239 Å². The van der Waals surface area contributed by atoms with Crippen LogP contribution in [0.3, 0.4) is 0 Å². The van der Waals surface area contributed by atoms with E-state index in [0.717, 1.165) is 4.90 Å². The summed E-state index contributed by atoms with van der Waals surface area (Å²) < 4.78 is 6.92. The number of alkyl halides is 1. The van der Waals surface area contributed by atoms with Crippen LogP contribution in [0.1, 0.15) is 33.6 Å². The number of carbonyl (C=O) groups excluding carboxylic acids is 3. The molecule has 0 bridgehead atoms. The van der Waals surface area contributed by atoms with E-state index in [4.69, 9.17) is 51.1 Å². The summed E-state index contributed by atoms with van der Waals surface area (Å²) in [4.78, 5) is 39.6. The van der Waals surface area contributed by atoms with Gasteiger partial charge in [0.2, 0.25) is 11.8 Å². The Balaban J connectivity index is 1.88. The molecule has 0 atom stereocenters. The SMILES string of the molecule is CC(C)(C)CCC(=O)Oc1c(Cl)cccc1N(CC(=O)Nc1cc(Cl)ccc1-n1cc(Cl)nn1)C(=O)CCl. The smallest absolute Gasteiger partial charge is 0.311 e. The first kappa shape index (κ1) is 29.7. The number of hydrogen-bond donors (Lipinski definition) is 1. The number of halogens is 4. The van der Waals surface area contributed by atoms with Crippen LogP contribution in [0.25, 0.3) is 5.69 Å². The van der Waals surface area contributed by atoms with Gasteiger partial charge in [0.1, 0.15) is 12.4 Å². The molecule has 2 amide bonds. The first-order valence-corrected chi connectivity index (χ1v) is 13.1. The third-order valence-electron chi connectivity index (χ3n) is 5.19. The highest BCUT2D eigenvalue weighted by atomic mass is 35.5. The Kier molecular flexibility index (Phi) is 10.0. The largest absolute Gasteiger partial charge is 0.423 e. The molecule has 0 fully saturated rings. The molecule has 0 aliphatic heterocycles. The van der Waals surface area contributed by atoms with Gasteiger partial charge in [0.05, 0.1) is 28.3 Å². The van der Waals surface area contributed by atoms with Gasteiger partial charge in [-0.05, 0) is 42.2 Å². The van der Waals surface area contributed by atoms with Crippen LogP contribution in [-0.2, 0) is 14.4 Å². The van der Waals surface area contributed by atoms with E-state index in [1.165, 1.54) is 29.1 Å². The second-order valence-corrected chi connectivity index (χ2v) is 10.9. The molecule has 9 nitrogen and oxygen atoms in total. The first-order chi connectivity index (χ1) is 17.9. The Bertz CT molecular complexity index is 1340. The van der Waals surface area contributed by atoms with Crippen molar-refractivity contribution in [1.29, 1.82) is 0 Å². The number of ether oxygens (including phenoxy) is 1. The van der Waals surface area contributed by atoms with Gasteiger partial charge in [-0.25, -0.2) is 4.68 Å². The van der Waals surface area contributed by atoms with Crippen LogP contribution in [-0.4, -0.2) is 45.2 Å². The summed E-state index contributed by atoms with van der Waals surface area (Å²) in [6.07, 6.45) is 2.18. The molecular weight excluding hydrogens is 576 g/mol. The van der Waals surface area contributed by atoms with Crippen molar-refractivity contribution in [2.75, 3.05) is 22.6 Å². The van der Waals surface area contributed by atoms with Gasteiger partial charge in [-0.2, -0.15) is 0 Å². The molecule has 38 heavy (non-hydrogen) atoms. The minimum Gasteiger partial charge on any atom is -0.423 e. The van der Waals surface area contributed by atoms with Crippen LogP contribution in [0.2, 0.25) is 15.2 Å². The topological polar surface area (TPSA) is 106 Å². The number of rotatable bonds is 9. The monoisotopic (exact) mass is 599 g/mol. The number of benzene rings is 2. The summed E-state index contributed by atoms with van der Waals surface area (Å²) >= 11 is 24.2.